The molecule has 8 heteroatoms. The van der Waals surface area contributed by atoms with Crippen molar-refractivity contribution in [1.82, 2.24) is 5.01 Å². The van der Waals surface area contributed by atoms with Crippen LogP contribution in [-0.4, -0.2) is 30.5 Å². The van der Waals surface area contributed by atoms with Crippen molar-refractivity contribution < 1.29 is 18.0 Å². The molecule has 4 nitrogen and oxygen atoms in total. The fraction of sp³-hybridized carbons (Fsp3) is 0.333. The smallest absolute Gasteiger partial charge is 0.306 e. The molecule has 0 saturated carbocycles. The number of halogens is 4. The van der Waals surface area contributed by atoms with E-state index in [1.807, 2.05) is 0 Å². The van der Waals surface area contributed by atoms with E-state index in [0.717, 1.165) is 11.9 Å². The number of benzene rings is 1. The van der Waals surface area contributed by atoms with Gasteiger partial charge in [0.2, 0.25) is 0 Å². The monoisotopic (exact) mass is 307 g/mol. The van der Waals surface area contributed by atoms with Gasteiger partial charge >= 0.3 is 12.2 Å². The van der Waals surface area contributed by atoms with Crippen molar-refractivity contribution in [2.24, 2.45) is 11.0 Å². The van der Waals surface area contributed by atoms with E-state index in [4.69, 9.17) is 11.6 Å². The van der Waals surface area contributed by atoms with Gasteiger partial charge in [0, 0.05) is 24.0 Å². The van der Waals surface area contributed by atoms with Crippen LogP contribution in [0.2, 0.25) is 5.02 Å². The van der Waals surface area contributed by atoms with Gasteiger partial charge in [0.05, 0.1) is 5.92 Å². The lowest BCUT2D eigenvalue weighted by molar-refractivity contribution is -0.149. The summed E-state index contributed by atoms with van der Waals surface area (Å²) in [7, 11) is 1.25. The van der Waals surface area contributed by atoms with E-state index in [2.05, 4.69) is 10.4 Å². The van der Waals surface area contributed by atoms with Gasteiger partial charge < -0.3 is 5.32 Å². The molecule has 1 N–H and O–H groups in total. The van der Waals surface area contributed by atoms with Crippen molar-refractivity contribution >= 4 is 29.5 Å². The number of carbonyl (C=O) groups excluding carboxylic acids is 1. The normalized spacial score (nSPS) is 13.3. The molecule has 0 spiro atoms. The minimum Gasteiger partial charge on any atom is -0.306 e. The second kappa shape index (κ2) is 6.60. The van der Waals surface area contributed by atoms with Crippen LogP contribution in [0.5, 0.6) is 0 Å². The number of hydrogen-bond donors (Lipinski definition) is 1. The largest absolute Gasteiger partial charge is 0.396 e. The second-order valence-corrected chi connectivity index (χ2v) is 4.49. The molecule has 0 aromatic heterocycles. The second-order valence-electron chi connectivity index (χ2n) is 4.06. The van der Waals surface area contributed by atoms with Crippen molar-refractivity contribution in [1.29, 1.82) is 0 Å². The molecule has 110 valence electrons. The molecular weight excluding hydrogens is 295 g/mol. The summed E-state index contributed by atoms with van der Waals surface area (Å²) in [5.74, 6) is -1.73. The first-order chi connectivity index (χ1) is 9.20. The Hall–Kier alpha value is -1.76. The van der Waals surface area contributed by atoms with Crippen molar-refractivity contribution in [3.8, 4) is 0 Å². The Morgan fingerprint density at radius 2 is 1.95 bits per heavy atom. The minimum absolute atomic E-state index is 0.463. The maximum Gasteiger partial charge on any atom is 0.396 e. The van der Waals surface area contributed by atoms with Crippen LogP contribution in [0, 0.1) is 5.92 Å². The first kappa shape index (κ1) is 16.3. The quantitative estimate of drug-likeness (QED) is 0.666. The Labute approximate surface area is 119 Å². The first-order valence-electron chi connectivity index (χ1n) is 5.61. The predicted octanol–water partition coefficient (Wildman–Crippen LogP) is 3.99. The number of hydrogen-bond acceptors (Lipinski definition) is 2. The lowest BCUT2D eigenvalue weighted by atomic mass is 10.2. The number of anilines is 1. The molecule has 0 bridgehead atoms. The highest BCUT2D eigenvalue weighted by Crippen LogP contribution is 2.24. The van der Waals surface area contributed by atoms with Crippen molar-refractivity contribution in [2.75, 3.05) is 12.4 Å². The Kier molecular flexibility index (Phi) is 5.38. The SMILES string of the molecule is CC(/C=N/N(C)C(=O)Nc1ccc(Cl)cc1)C(F)(F)F. The van der Waals surface area contributed by atoms with Gasteiger partial charge in [0.15, 0.2) is 0 Å². The third kappa shape index (κ3) is 5.08. The number of urea groups is 1. The highest BCUT2D eigenvalue weighted by Gasteiger charge is 2.34. The molecule has 0 radical (unpaired) electrons. The van der Waals surface area contributed by atoms with Crippen LogP contribution in [0.15, 0.2) is 29.4 Å². The molecule has 0 fully saturated rings. The van der Waals surface area contributed by atoms with Gasteiger partial charge in [-0.15, -0.1) is 0 Å². The molecule has 0 aliphatic rings. The third-order valence-corrected chi connectivity index (χ3v) is 2.62. The van der Waals surface area contributed by atoms with Crippen LogP contribution in [-0.2, 0) is 0 Å². The highest BCUT2D eigenvalue weighted by molar-refractivity contribution is 6.30. The Bertz CT molecular complexity index is 488. The standard InChI is InChI=1S/C12H13ClF3N3O/c1-8(12(14,15)16)7-17-19(2)11(20)18-10-5-3-9(13)4-6-10/h3-8H,1-2H3,(H,18,20)/b17-7+. The molecule has 2 amide bonds. The maximum atomic E-state index is 12.3. The molecule has 1 aromatic carbocycles. The summed E-state index contributed by atoms with van der Waals surface area (Å²) >= 11 is 5.68. The van der Waals surface area contributed by atoms with E-state index in [0.29, 0.717) is 16.9 Å². The molecule has 0 saturated heterocycles. The number of nitrogens with one attached hydrogen (secondary N) is 1. The van der Waals surface area contributed by atoms with E-state index < -0.39 is 18.1 Å². The zero-order valence-corrected chi connectivity index (χ0v) is 11.5. The number of rotatable bonds is 3. The van der Waals surface area contributed by atoms with Crippen LogP contribution in [0.1, 0.15) is 6.92 Å². The topological polar surface area (TPSA) is 44.7 Å². The number of alkyl halides is 3. The van der Waals surface area contributed by atoms with Crippen LogP contribution in [0.25, 0.3) is 0 Å². The van der Waals surface area contributed by atoms with Crippen LogP contribution in [0.4, 0.5) is 23.7 Å². The molecule has 1 aromatic rings. The lowest BCUT2D eigenvalue weighted by Crippen LogP contribution is -2.28. The number of carbonyl (C=O) groups is 1. The van der Waals surface area contributed by atoms with Crippen LogP contribution in [0.3, 0.4) is 0 Å². The number of amides is 2. The van der Waals surface area contributed by atoms with Gasteiger partial charge in [-0.3, -0.25) is 0 Å². The van der Waals surface area contributed by atoms with Gasteiger partial charge in [-0.25, -0.2) is 9.80 Å². The average molecular weight is 308 g/mol. The molecule has 1 atom stereocenters. The first-order valence-corrected chi connectivity index (χ1v) is 5.99. The van der Waals surface area contributed by atoms with Crippen molar-refractivity contribution in [2.45, 2.75) is 13.1 Å². The minimum atomic E-state index is -4.38. The summed E-state index contributed by atoms with van der Waals surface area (Å²) in [6.07, 6.45) is -3.71. The van der Waals surface area contributed by atoms with Gasteiger partial charge in [-0.1, -0.05) is 11.6 Å². The van der Waals surface area contributed by atoms with Gasteiger partial charge in [-0.05, 0) is 31.2 Å². The summed E-state index contributed by atoms with van der Waals surface area (Å²) in [6, 6.07) is 5.63. The third-order valence-electron chi connectivity index (χ3n) is 2.37. The number of hydrazone groups is 1. The van der Waals surface area contributed by atoms with Gasteiger partial charge in [0.25, 0.3) is 0 Å². The fourth-order valence-corrected chi connectivity index (χ4v) is 1.20. The average Bonchev–Trinajstić information content (AvgIpc) is 2.36. The van der Waals surface area contributed by atoms with E-state index in [1.165, 1.54) is 7.05 Å². The van der Waals surface area contributed by atoms with Crippen molar-refractivity contribution in [3.63, 3.8) is 0 Å². The summed E-state index contributed by atoms with van der Waals surface area (Å²) in [5, 5.41) is 7.22. The van der Waals surface area contributed by atoms with Crippen molar-refractivity contribution in [3.05, 3.63) is 29.3 Å². The van der Waals surface area contributed by atoms with Gasteiger partial charge in [0.1, 0.15) is 0 Å². The Morgan fingerprint density at radius 1 is 1.40 bits per heavy atom. The summed E-state index contributed by atoms with van der Waals surface area (Å²) < 4.78 is 36.8. The van der Waals surface area contributed by atoms with Crippen LogP contribution >= 0.6 is 11.6 Å². The van der Waals surface area contributed by atoms with E-state index >= 15 is 0 Å². The van der Waals surface area contributed by atoms with E-state index in [-0.39, 0.29) is 0 Å². The molecule has 1 unspecified atom stereocenters. The zero-order valence-electron chi connectivity index (χ0n) is 10.8. The zero-order chi connectivity index (χ0) is 15.3. The Balaban J connectivity index is 2.59. The molecule has 0 heterocycles. The van der Waals surface area contributed by atoms with E-state index in [9.17, 15) is 18.0 Å². The molecule has 0 aliphatic heterocycles. The molecule has 1 rings (SSSR count). The lowest BCUT2D eigenvalue weighted by Gasteiger charge is -2.14. The predicted molar refractivity (Wildman–Crippen MR) is 71.9 cm³/mol. The summed E-state index contributed by atoms with van der Waals surface area (Å²) in [6.45, 7) is 0.953. The fourth-order valence-electron chi connectivity index (χ4n) is 1.07. The van der Waals surface area contributed by atoms with Gasteiger partial charge in [-0.2, -0.15) is 18.3 Å². The molecule has 0 aliphatic carbocycles. The maximum absolute atomic E-state index is 12.3. The number of nitrogens with zero attached hydrogens (tertiary/aromatic N) is 2. The summed E-state index contributed by atoms with van der Waals surface area (Å²) in [4.78, 5) is 11.6. The highest BCUT2D eigenvalue weighted by atomic mass is 35.5. The Morgan fingerprint density at radius 3 is 2.45 bits per heavy atom. The molecular formula is C12H13ClF3N3O. The molecule has 20 heavy (non-hydrogen) atoms. The van der Waals surface area contributed by atoms with Crippen LogP contribution < -0.4 is 5.32 Å². The summed E-state index contributed by atoms with van der Waals surface area (Å²) in [5.41, 5.74) is 0.463. The van der Waals surface area contributed by atoms with E-state index in [1.54, 1.807) is 24.3 Å².